The molecule has 4 N–H and O–H groups in total. The van der Waals surface area contributed by atoms with Gasteiger partial charge in [-0.1, -0.05) is 11.8 Å². The molecular formula is C30H28F2N6O3. The molecule has 3 aromatic rings. The first kappa shape index (κ1) is 27.8. The van der Waals surface area contributed by atoms with Gasteiger partial charge in [0.15, 0.2) is 11.6 Å². The Labute approximate surface area is 236 Å². The van der Waals surface area contributed by atoms with Crippen LogP contribution in [0.15, 0.2) is 71.5 Å². The van der Waals surface area contributed by atoms with Gasteiger partial charge >= 0.3 is 0 Å². The van der Waals surface area contributed by atoms with Crippen LogP contribution in [0.4, 0.5) is 26.0 Å². The zero-order chi connectivity index (χ0) is 28.6. The van der Waals surface area contributed by atoms with Gasteiger partial charge in [0.2, 0.25) is 0 Å². The van der Waals surface area contributed by atoms with Crippen molar-refractivity contribution in [3.63, 3.8) is 0 Å². The number of rotatable bonds is 5. The summed E-state index contributed by atoms with van der Waals surface area (Å²) < 4.78 is 39.6. The third-order valence-electron chi connectivity index (χ3n) is 6.46. The summed E-state index contributed by atoms with van der Waals surface area (Å²) in [5, 5.41) is 11.7. The summed E-state index contributed by atoms with van der Waals surface area (Å²) in [7, 11) is 0. The van der Waals surface area contributed by atoms with E-state index in [0.717, 1.165) is 32.0 Å². The lowest BCUT2D eigenvalue weighted by Crippen LogP contribution is -2.26. The fourth-order valence-corrected chi connectivity index (χ4v) is 4.22. The maximum Gasteiger partial charge on any atom is 0.253 e. The van der Waals surface area contributed by atoms with Crippen molar-refractivity contribution in [2.24, 2.45) is 11.0 Å². The topological polar surface area (TPSA) is 114 Å². The van der Waals surface area contributed by atoms with Crippen LogP contribution < -0.4 is 26.1 Å². The molecule has 210 valence electrons. The second-order valence-corrected chi connectivity index (χ2v) is 9.37. The number of hydrogen-bond donors (Lipinski definition) is 3. The van der Waals surface area contributed by atoms with E-state index in [1.807, 2.05) is 0 Å². The van der Waals surface area contributed by atoms with Crippen molar-refractivity contribution in [2.45, 2.75) is 12.8 Å². The second kappa shape index (κ2) is 13.0. The predicted octanol–water partition coefficient (Wildman–Crippen LogP) is 4.43. The third-order valence-corrected chi connectivity index (χ3v) is 6.46. The van der Waals surface area contributed by atoms with E-state index in [1.165, 1.54) is 47.8 Å². The van der Waals surface area contributed by atoms with Crippen LogP contribution in [0.2, 0.25) is 0 Å². The van der Waals surface area contributed by atoms with Gasteiger partial charge in [-0.2, -0.15) is 5.10 Å². The van der Waals surface area contributed by atoms with Gasteiger partial charge in [0.05, 0.1) is 12.3 Å². The molecule has 1 aromatic heterocycles. The Hall–Kier alpha value is -4.79. The molecular weight excluding hydrogens is 530 g/mol. The summed E-state index contributed by atoms with van der Waals surface area (Å²) in [5.74, 6) is 5.46. The number of pyridine rings is 1. The van der Waals surface area contributed by atoms with E-state index in [9.17, 15) is 9.18 Å². The van der Waals surface area contributed by atoms with Gasteiger partial charge in [-0.3, -0.25) is 4.79 Å². The highest BCUT2D eigenvalue weighted by atomic mass is 19.1. The molecule has 2 aliphatic rings. The largest absolute Gasteiger partial charge is 0.453 e. The molecule has 1 amide bonds. The molecule has 0 aliphatic carbocycles. The van der Waals surface area contributed by atoms with Crippen molar-refractivity contribution in [2.75, 3.05) is 42.5 Å². The molecule has 5 rings (SSSR count). The van der Waals surface area contributed by atoms with E-state index in [0.29, 0.717) is 17.0 Å². The SMILES string of the molecule is Nc1nccc(Oc2ccc(NC(=O)/C3=C/C=N\N(c4ccc(F)cc4)COC3)cc2F)c1C#CC1CCNCC1. The predicted molar refractivity (Wildman–Crippen MR) is 152 cm³/mol. The van der Waals surface area contributed by atoms with Crippen LogP contribution in [-0.2, 0) is 9.53 Å². The quantitative estimate of drug-likeness (QED) is 0.397. The van der Waals surface area contributed by atoms with Crippen molar-refractivity contribution < 1.29 is 23.0 Å². The normalized spacial score (nSPS) is 17.7. The van der Waals surface area contributed by atoms with Crippen LogP contribution in [0.3, 0.4) is 0 Å². The van der Waals surface area contributed by atoms with Crippen LogP contribution in [0.5, 0.6) is 11.5 Å². The molecule has 3 heterocycles. The Bertz CT molecular complexity index is 1530. The lowest BCUT2D eigenvalue weighted by Gasteiger charge is -2.21. The van der Waals surface area contributed by atoms with E-state index in [-0.39, 0.29) is 47.9 Å². The molecule has 11 heteroatoms. The number of aromatic nitrogens is 1. The number of allylic oxidation sites excluding steroid dienone is 1. The lowest BCUT2D eigenvalue weighted by molar-refractivity contribution is -0.113. The molecule has 2 aliphatic heterocycles. The molecule has 0 unspecified atom stereocenters. The van der Waals surface area contributed by atoms with Gasteiger partial charge in [-0.05, 0) is 68.4 Å². The van der Waals surface area contributed by atoms with Crippen LogP contribution in [0, 0.1) is 29.4 Å². The Morgan fingerprint density at radius 2 is 1.93 bits per heavy atom. The molecule has 1 saturated heterocycles. The highest BCUT2D eigenvalue weighted by Crippen LogP contribution is 2.31. The Balaban J connectivity index is 1.25. The van der Waals surface area contributed by atoms with Gasteiger partial charge < -0.3 is 25.8 Å². The first-order valence-electron chi connectivity index (χ1n) is 13.1. The van der Waals surface area contributed by atoms with Gasteiger partial charge in [-0.25, -0.2) is 18.8 Å². The average molecular weight is 559 g/mol. The number of nitrogen functional groups attached to an aromatic ring is 1. The number of piperidine rings is 1. The smallest absolute Gasteiger partial charge is 0.253 e. The maximum atomic E-state index is 15.0. The standard InChI is InChI=1S/C30H28F2N6O3/c31-22-2-5-24(6-3-22)38-19-40-18-21(11-16-36-38)30(39)37-23-4-8-28(26(32)17-23)41-27-12-15-35-29(33)25(27)7-1-20-9-13-34-14-10-20/h2-6,8,11-12,15-17,20,34H,9-10,13-14,18-19H2,(H2,33,35)(H,37,39)/b21-11+,36-16-. The van der Waals surface area contributed by atoms with E-state index in [1.54, 1.807) is 18.2 Å². The molecule has 2 aromatic carbocycles. The Morgan fingerprint density at radius 1 is 1.12 bits per heavy atom. The highest BCUT2D eigenvalue weighted by Gasteiger charge is 2.16. The maximum absolute atomic E-state index is 15.0. The minimum absolute atomic E-state index is 0.0100. The number of nitrogens with one attached hydrogen (secondary N) is 2. The number of benzene rings is 2. The van der Waals surface area contributed by atoms with E-state index < -0.39 is 11.7 Å². The lowest BCUT2D eigenvalue weighted by atomic mass is 9.98. The molecule has 0 bridgehead atoms. The third kappa shape index (κ3) is 7.25. The molecule has 1 fully saturated rings. The molecule has 41 heavy (non-hydrogen) atoms. The second-order valence-electron chi connectivity index (χ2n) is 9.37. The minimum Gasteiger partial charge on any atom is -0.453 e. The van der Waals surface area contributed by atoms with Gasteiger partial charge in [0.1, 0.15) is 29.7 Å². The summed E-state index contributed by atoms with van der Waals surface area (Å²) in [5.41, 5.74) is 7.61. The zero-order valence-corrected chi connectivity index (χ0v) is 22.1. The molecule has 0 radical (unpaired) electrons. The minimum atomic E-state index is -0.685. The van der Waals surface area contributed by atoms with Crippen LogP contribution in [-0.4, -0.2) is 43.5 Å². The Kier molecular flexibility index (Phi) is 8.83. The van der Waals surface area contributed by atoms with Crippen LogP contribution in [0.1, 0.15) is 18.4 Å². The molecule has 0 spiro atoms. The van der Waals surface area contributed by atoms with Gasteiger partial charge in [0, 0.05) is 41.7 Å². The summed E-state index contributed by atoms with van der Waals surface area (Å²) >= 11 is 0. The number of carbonyl (C=O) groups is 1. The van der Waals surface area contributed by atoms with Crippen molar-refractivity contribution >= 4 is 29.3 Å². The monoisotopic (exact) mass is 558 g/mol. The van der Waals surface area contributed by atoms with Crippen molar-refractivity contribution in [1.82, 2.24) is 10.3 Å². The van der Waals surface area contributed by atoms with Gasteiger partial charge in [0.25, 0.3) is 5.91 Å². The van der Waals surface area contributed by atoms with Crippen molar-refractivity contribution in [1.29, 1.82) is 0 Å². The van der Waals surface area contributed by atoms with Crippen molar-refractivity contribution in [3.05, 3.63) is 83.6 Å². The van der Waals surface area contributed by atoms with Crippen LogP contribution in [0.25, 0.3) is 0 Å². The first-order valence-corrected chi connectivity index (χ1v) is 13.1. The number of amides is 1. The van der Waals surface area contributed by atoms with E-state index in [4.69, 9.17) is 15.2 Å². The Morgan fingerprint density at radius 3 is 2.71 bits per heavy atom. The average Bonchev–Trinajstić information content (AvgIpc) is 2.95. The number of nitrogens with two attached hydrogens (primary N) is 1. The number of halogens is 2. The molecule has 9 nitrogen and oxygen atoms in total. The number of anilines is 3. The van der Waals surface area contributed by atoms with Gasteiger partial charge in [-0.15, -0.1) is 0 Å². The van der Waals surface area contributed by atoms with E-state index in [2.05, 4.69) is 32.6 Å². The fourth-order valence-electron chi connectivity index (χ4n) is 4.22. The number of carbonyl (C=O) groups excluding carboxylic acids is 1. The number of ether oxygens (including phenoxy) is 2. The summed E-state index contributed by atoms with van der Waals surface area (Å²) in [6.45, 7) is 1.86. The summed E-state index contributed by atoms with van der Waals surface area (Å²) in [4.78, 5) is 16.9. The zero-order valence-electron chi connectivity index (χ0n) is 22.1. The number of hydrogen-bond acceptors (Lipinski definition) is 8. The molecule has 0 saturated carbocycles. The van der Waals surface area contributed by atoms with Crippen molar-refractivity contribution in [3.8, 4) is 23.3 Å². The molecule has 0 atom stereocenters. The van der Waals surface area contributed by atoms with Crippen LogP contribution >= 0.6 is 0 Å². The highest BCUT2D eigenvalue weighted by molar-refractivity contribution is 6.06. The summed E-state index contributed by atoms with van der Waals surface area (Å²) in [6, 6.07) is 11.5. The number of hydrazone groups is 1. The first-order chi connectivity index (χ1) is 20.0. The fraction of sp³-hybridized carbons (Fsp3) is 0.233. The van der Waals surface area contributed by atoms with E-state index >= 15 is 4.39 Å². The summed E-state index contributed by atoms with van der Waals surface area (Å²) in [6.07, 6.45) is 6.30. The number of nitrogens with zero attached hydrogens (tertiary/aromatic N) is 3.